The zero-order valence-electron chi connectivity index (χ0n) is 17.7. The molecule has 0 aliphatic carbocycles. The molecule has 1 aliphatic rings. The van der Waals surface area contributed by atoms with Crippen LogP contribution in [0.2, 0.25) is 0 Å². The van der Waals surface area contributed by atoms with Crippen molar-refractivity contribution in [1.29, 1.82) is 0 Å². The molecule has 1 N–H and O–H groups in total. The van der Waals surface area contributed by atoms with Crippen LogP contribution in [0, 0.1) is 0 Å². The Morgan fingerprint density at radius 2 is 1.50 bits per heavy atom. The topological polar surface area (TPSA) is 38.7 Å². The molecule has 1 saturated heterocycles. The zero-order valence-corrected chi connectivity index (χ0v) is 17.7. The lowest BCUT2D eigenvalue weighted by atomic mass is 10.0. The van der Waals surface area contributed by atoms with E-state index in [4.69, 9.17) is 9.47 Å². The zero-order chi connectivity index (χ0) is 19.9. The summed E-state index contributed by atoms with van der Waals surface area (Å²) in [6, 6.07) is 9.92. The third-order valence-corrected chi connectivity index (χ3v) is 5.45. The Morgan fingerprint density at radius 3 is 2.14 bits per heavy atom. The number of rotatable bonds is 14. The van der Waals surface area contributed by atoms with Gasteiger partial charge in [-0.05, 0) is 12.8 Å². The lowest BCUT2D eigenvalue weighted by molar-refractivity contribution is -0.243. The SMILES string of the molecule is CCCCCCCCCCCCC/C=C/C1OC(c2ccccc2)OCC1O. The van der Waals surface area contributed by atoms with Crippen molar-refractivity contribution in [2.45, 2.75) is 102 Å². The van der Waals surface area contributed by atoms with E-state index in [2.05, 4.69) is 13.0 Å². The summed E-state index contributed by atoms with van der Waals surface area (Å²) in [5.74, 6) is 0. The van der Waals surface area contributed by atoms with Crippen molar-refractivity contribution in [2.24, 2.45) is 0 Å². The van der Waals surface area contributed by atoms with Gasteiger partial charge in [0.25, 0.3) is 0 Å². The van der Waals surface area contributed by atoms with Gasteiger partial charge in [-0.3, -0.25) is 0 Å². The Morgan fingerprint density at radius 1 is 0.893 bits per heavy atom. The summed E-state index contributed by atoms with van der Waals surface area (Å²) >= 11 is 0. The molecule has 1 aliphatic heterocycles. The third-order valence-electron chi connectivity index (χ3n) is 5.45. The molecule has 3 heteroatoms. The normalized spacial score (nSPS) is 22.7. The lowest BCUT2D eigenvalue weighted by Gasteiger charge is -2.32. The molecule has 1 aromatic rings. The monoisotopic (exact) mass is 388 g/mol. The van der Waals surface area contributed by atoms with Gasteiger partial charge in [-0.2, -0.15) is 0 Å². The van der Waals surface area contributed by atoms with Crippen LogP contribution in [0.3, 0.4) is 0 Å². The number of hydrogen-bond acceptors (Lipinski definition) is 3. The van der Waals surface area contributed by atoms with Crippen LogP contribution in [0.4, 0.5) is 0 Å². The summed E-state index contributed by atoms with van der Waals surface area (Å²) in [5, 5.41) is 10.1. The molecule has 0 spiro atoms. The van der Waals surface area contributed by atoms with Gasteiger partial charge in [0.2, 0.25) is 0 Å². The average molecular weight is 389 g/mol. The molecule has 0 aromatic heterocycles. The number of unbranched alkanes of at least 4 members (excludes halogenated alkanes) is 11. The van der Waals surface area contributed by atoms with Crippen molar-refractivity contribution in [3.63, 3.8) is 0 Å². The third kappa shape index (κ3) is 9.36. The van der Waals surface area contributed by atoms with Crippen molar-refractivity contribution in [1.82, 2.24) is 0 Å². The van der Waals surface area contributed by atoms with Gasteiger partial charge in [0, 0.05) is 5.56 Å². The minimum Gasteiger partial charge on any atom is -0.388 e. The van der Waals surface area contributed by atoms with E-state index in [0.29, 0.717) is 6.61 Å². The number of hydrogen-bond donors (Lipinski definition) is 1. The van der Waals surface area contributed by atoms with E-state index in [1.165, 1.54) is 70.6 Å². The summed E-state index contributed by atoms with van der Waals surface area (Å²) in [6.07, 6.45) is 19.0. The van der Waals surface area contributed by atoms with Crippen LogP contribution in [0.1, 0.15) is 95.8 Å². The van der Waals surface area contributed by atoms with Crippen molar-refractivity contribution < 1.29 is 14.6 Å². The van der Waals surface area contributed by atoms with Crippen molar-refractivity contribution >= 4 is 0 Å². The first-order chi connectivity index (χ1) is 13.8. The Labute approximate surface area is 172 Å². The van der Waals surface area contributed by atoms with Gasteiger partial charge in [0.1, 0.15) is 12.2 Å². The Balaban J connectivity index is 1.51. The first kappa shape index (κ1) is 23.1. The summed E-state index contributed by atoms with van der Waals surface area (Å²) in [6.45, 7) is 2.59. The van der Waals surface area contributed by atoms with E-state index in [0.717, 1.165) is 12.0 Å². The molecular weight excluding hydrogens is 348 g/mol. The Kier molecular flexibility index (Phi) is 12.2. The van der Waals surface area contributed by atoms with Gasteiger partial charge in [0.05, 0.1) is 6.61 Å². The van der Waals surface area contributed by atoms with Crippen molar-refractivity contribution in [3.05, 3.63) is 48.0 Å². The average Bonchev–Trinajstić information content (AvgIpc) is 2.73. The highest BCUT2D eigenvalue weighted by molar-refractivity contribution is 5.16. The summed E-state index contributed by atoms with van der Waals surface area (Å²) in [5.41, 5.74) is 0.998. The quantitative estimate of drug-likeness (QED) is 0.284. The van der Waals surface area contributed by atoms with Crippen LogP contribution < -0.4 is 0 Å². The molecule has 0 bridgehead atoms. The van der Waals surface area contributed by atoms with E-state index < -0.39 is 6.10 Å². The molecule has 3 nitrogen and oxygen atoms in total. The van der Waals surface area contributed by atoms with Crippen LogP contribution in [0.5, 0.6) is 0 Å². The smallest absolute Gasteiger partial charge is 0.184 e. The van der Waals surface area contributed by atoms with E-state index in [1.54, 1.807) is 0 Å². The second-order valence-electron chi connectivity index (χ2n) is 8.00. The highest BCUT2D eigenvalue weighted by Gasteiger charge is 2.29. The van der Waals surface area contributed by atoms with Gasteiger partial charge in [-0.15, -0.1) is 0 Å². The number of ether oxygens (including phenoxy) is 2. The first-order valence-corrected chi connectivity index (χ1v) is 11.5. The summed E-state index contributed by atoms with van der Waals surface area (Å²) in [4.78, 5) is 0. The molecule has 158 valence electrons. The van der Waals surface area contributed by atoms with Gasteiger partial charge in [0.15, 0.2) is 6.29 Å². The molecule has 1 heterocycles. The highest BCUT2D eigenvalue weighted by Crippen LogP contribution is 2.27. The molecule has 0 radical (unpaired) electrons. The number of aliphatic hydroxyl groups excluding tert-OH is 1. The van der Waals surface area contributed by atoms with Crippen LogP contribution >= 0.6 is 0 Å². The van der Waals surface area contributed by atoms with E-state index in [-0.39, 0.29) is 12.4 Å². The second-order valence-corrected chi connectivity index (χ2v) is 8.00. The predicted molar refractivity (Wildman–Crippen MR) is 116 cm³/mol. The summed E-state index contributed by atoms with van der Waals surface area (Å²) in [7, 11) is 0. The second kappa shape index (κ2) is 14.8. The molecule has 3 unspecified atom stereocenters. The fourth-order valence-corrected chi connectivity index (χ4v) is 3.67. The summed E-state index contributed by atoms with van der Waals surface area (Å²) < 4.78 is 11.6. The maximum absolute atomic E-state index is 10.1. The molecule has 2 rings (SSSR count). The fourth-order valence-electron chi connectivity index (χ4n) is 3.67. The Bertz CT molecular complexity index is 514. The van der Waals surface area contributed by atoms with Gasteiger partial charge < -0.3 is 14.6 Å². The van der Waals surface area contributed by atoms with Crippen molar-refractivity contribution in [3.8, 4) is 0 Å². The van der Waals surface area contributed by atoms with E-state index in [1.807, 2.05) is 36.4 Å². The van der Waals surface area contributed by atoms with Gasteiger partial charge in [-0.25, -0.2) is 0 Å². The largest absolute Gasteiger partial charge is 0.388 e. The number of aliphatic hydroxyl groups is 1. The fraction of sp³-hybridized carbons (Fsp3) is 0.680. The maximum atomic E-state index is 10.1. The minimum atomic E-state index is -0.589. The number of benzene rings is 1. The predicted octanol–water partition coefficient (Wildman–Crippen LogP) is 6.72. The Hall–Kier alpha value is -1.16. The molecule has 28 heavy (non-hydrogen) atoms. The van der Waals surface area contributed by atoms with E-state index >= 15 is 0 Å². The molecule has 1 aromatic carbocycles. The van der Waals surface area contributed by atoms with Crippen LogP contribution in [-0.4, -0.2) is 23.9 Å². The van der Waals surface area contributed by atoms with Crippen molar-refractivity contribution in [2.75, 3.05) is 6.61 Å². The standard InChI is InChI=1S/C25H40O3/c1-2-3-4-5-6-7-8-9-10-11-12-13-17-20-24-23(26)21-27-25(28-24)22-18-15-14-16-19-22/h14-20,23-26H,2-13,21H2,1H3/b20-17+. The van der Waals surface area contributed by atoms with Crippen LogP contribution in [-0.2, 0) is 9.47 Å². The number of allylic oxidation sites excluding steroid dienone is 1. The minimum absolute atomic E-state index is 0.285. The van der Waals surface area contributed by atoms with Gasteiger partial charge >= 0.3 is 0 Å². The van der Waals surface area contributed by atoms with Crippen LogP contribution in [0.15, 0.2) is 42.5 Å². The first-order valence-electron chi connectivity index (χ1n) is 11.5. The lowest BCUT2D eigenvalue weighted by Crippen LogP contribution is -2.39. The van der Waals surface area contributed by atoms with Crippen LogP contribution in [0.25, 0.3) is 0 Å². The molecular formula is C25H40O3. The maximum Gasteiger partial charge on any atom is 0.184 e. The van der Waals surface area contributed by atoms with Gasteiger partial charge in [-0.1, -0.05) is 114 Å². The molecule has 3 atom stereocenters. The molecule has 0 amide bonds. The highest BCUT2D eigenvalue weighted by atomic mass is 16.7. The van der Waals surface area contributed by atoms with E-state index in [9.17, 15) is 5.11 Å². The molecule has 0 saturated carbocycles. The molecule has 1 fully saturated rings.